The molecule has 12 rings (SSSR count). The van der Waals surface area contributed by atoms with Crippen LogP contribution in [0.1, 0.15) is 23.6 Å². The SMILES string of the molecule is CC1(c2ccccc2)c2ccccc2-c2ccc(-c3cc(-c4ccc(-c5nc6ccccc6c6ccccc56)cc4)cc(-c4nc(-c5ccccc5)nc(-c5ccccc5)n4)c3)cc21. The first kappa shape index (κ1) is 37.4. The first-order chi connectivity index (χ1) is 31.6. The second-order valence-electron chi connectivity index (χ2n) is 16.7. The van der Waals surface area contributed by atoms with Crippen molar-refractivity contribution in [3.63, 3.8) is 0 Å². The van der Waals surface area contributed by atoms with E-state index >= 15 is 0 Å². The predicted octanol–water partition coefficient (Wildman–Crippen LogP) is 14.9. The van der Waals surface area contributed by atoms with E-state index in [1.165, 1.54) is 33.2 Å². The lowest BCUT2D eigenvalue weighted by Crippen LogP contribution is -2.22. The Labute approximate surface area is 372 Å². The topological polar surface area (TPSA) is 51.6 Å². The van der Waals surface area contributed by atoms with Crippen LogP contribution in [-0.2, 0) is 5.41 Å². The quantitative estimate of drug-likeness (QED) is 0.150. The van der Waals surface area contributed by atoms with Crippen molar-refractivity contribution in [2.45, 2.75) is 12.3 Å². The minimum atomic E-state index is -0.330. The van der Waals surface area contributed by atoms with Crippen molar-refractivity contribution in [3.8, 4) is 78.8 Å². The maximum Gasteiger partial charge on any atom is 0.164 e. The summed E-state index contributed by atoms with van der Waals surface area (Å²) in [6, 6.07) is 79.6. The molecule has 64 heavy (non-hydrogen) atoms. The summed E-state index contributed by atoms with van der Waals surface area (Å²) in [6.45, 7) is 2.37. The number of pyridine rings is 1. The Morgan fingerprint density at radius 2 is 0.781 bits per heavy atom. The number of nitrogens with zero attached hydrogens (tertiary/aromatic N) is 4. The molecule has 11 aromatic rings. The van der Waals surface area contributed by atoms with Gasteiger partial charge in [0.15, 0.2) is 17.5 Å². The molecule has 0 aliphatic heterocycles. The second kappa shape index (κ2) is 15.2. The van der Waals surface area contributed by atoms with Crippen molar-refractivity contribution in [3.05, 3.63) is 241 Å². The normalized spacial score (nSPS) is 14.1. The van der Waals surface area contributed by atoms with Crippen molar-refractivity contribution in [2.24, 2.45) is 0 Å². The molecular weight excluding hydrogens is 777 g/mol. The molecule has 0 bridgehead atoms. The van der Waals surface area contributed by atoms with Crippen molar-refractivity contribution >= 4 is 21.7 Å². The van der Waals surface area contributed by atoms with Crippen molar-refractivity contribution in [2.75, 3.05) is 0 Å². The van der Waals surface area contributed by atoms with E-state index in [0.717, 1.165) is 66.5 Å². The summed E-state index contributed by atoms with van der Waals surface area (Å²) in [5, 5.41) is 3.50. The molecule has 0 saturated carbocycles. The molecule has 1 aliphatic rings. The lowest BCUT2D eigenvalue weighted by atomic mass is 9.74. The van der Waals surface area contributed by atoms with Crippen LogP contribution in [0.3, 0.4) is 0 Å². The predicted molar refractivity (Wildman–Crippen MR) is 263 cm³/mol. The van der Waals surface area contributed by atoms with E-state index in [0.29, 0.717) is 17.5 Å². The second-order valence-corrected chi connectivity index (χ2v) is 16.7. The number of aromatic nitrogens is 4. The van der Waals surface area contributed by atoms with Crippen LogP contribution >= 0.6 is 0 Å². The van der Waals surface area contributed by atoms with Crippen molar-refractivity contribution < 1.29 is 0 Å². The van der Waals surface area contributed by atoms with Gasteiger partial charge in [0.2, 0.25) is 0 Å². The average molecular weight is 817 g/mol. The summed E-state index contributed by atoms with van der Waals surface area (Å²) in [7, 11) is 0. The van der Waals surface area contributed by atoms with E-state index in [9.17, 15) is 0 Å². The van der Waals surface area contributed by atoms with Crippen molar-refractivity contribution in [1.82, 2.24) is 19.9 Å². The van der Waals surface area contributed by atoms with Gasteiger partial charge in [-0.3, -0.25) is 0 Å². The summed E-state index contributed by atoms with van der Waals surface area (Å²) >= 11 is 0. The molecule has 0 N–H and O–H groups in total. The van der Waals surface area contributed by atoms with Gasteiger partial charge in [-0.2, -0.15) is 0 Å². The summed E-state index contributed by atoms with van der Waals surface area (Å²) in [5.74, 6) is 1.87. The van der Waals surface area contributed by atoms with Gasteiger partial charge in [0, 0.05) is 38.4 Å². The van der Waals surface area contributed by atoms with Crippen LogP contribution < -0.4 is 0 Å². The largest absolute Gasteiger partial charge is 0.247 e. The first-order valence-electron chi connectivity index (χ1n) is 21.8. The summed E-state index contributed by atoms with van der Waals surface area (Å²) in [5.41, 5.74) is 16.3. The molecule has 300 valence electrons. The smallest absolute Gasteiger partial charge is 0.164 e. The van der Waals surface area contributed by atoms with Gasteiger partial charge in [0.05, 0.1) is 11.2 Å². The monoisotopic (exact) mass is 816 g/mol. The fraction of sp³-hybridized carbons (Fsp3) is 0.0333. The maximum atomic E-state index is 5.20. The number of hydrogen-bond donors (Lipinski definition) is 0. The van der Waals surface area contributed by atoms with Crippen LogP contribution in [0.5, 0.6) is 0 Å². The van der Waals surface area contributed by atoms with Crippen molar-refractivity contribution in [1.29, 1.82) is 0 Å². The Morgan fingerprint density at radius 1 is 0.297 bits per heavy atom. The molecule has 1 aliphatic carbocycles. The average Bonchev–Trinajstić information content (AvgIpc) is 3.64. The lowest BCUT2D eigenvalue weighted by Gasteiger charge is -2.28. The molecule has 0 amide bonds. The minimum Gasteiger partial charge on any atom is -0.247 e. The highest BCUT2D eigenvalue weighted by Crippen LogP contribution is 2.53. The molecular formula is C60H40N4. The van der Waals surface area contributed by atoms with Gasteiger partial charge in [-0.15, -0.1) is 0 Å². The Bertz CT molecular complexity index is 3490. The van der Waals surface area contributed by atoms with E-state index in [4.69, 9.17) is 19.9 Å². The van der Waals surface area contributed by atoms with Gasteiger partial charge in [-0.1, -0.05) is 194 Å². The zero-order valence-electron chi connectivity index (χ0n) is 35.2. The van der Waals surface area contributed by atoms with E-state index < -0.39 is 0 Å². The number of rotatable bonds is 7. The molecule has 9 aromatic carbocycles. The van der Waals surface area contributed by atoms with Gasteiger partial charge in [0.25, 0.3) is 0 Å². The van der Waals surface area contributed by atoms with E-state index in [-0.39, 0.29) is 5.41 Å². The molecule has 1 unspecified atom stereocenters. The fourth-order valence-electron chi connectivity index (χ4n) is 9.73. The van der Waals surface area contributed by atoms with Gasteiger partial charge in [-0.25, -0.2) is 19.9 Å². The molecule has 0 fully saturated rings. The number of para-hydroxylation sites is 1. The zero-order valence-corrected chi connectivity index (χ0v) is 35.2. The number of benzene rings is 9. The summed E-state index contributed by atoms with van der Waals surface area (Å²) < 4.78 is 0. The number of hydrogen-bond acceptors (Lipinski definition) is 4. The molecule has 4 nitrogen and oxygen atoms in total. The third-order valence-corrected chi connectivity index (χ3v) is 13.0. The molecule has 4 heteroatoms. The molecule has 2 aromatic heterocycles. The highest BCUT2D eigenvalue weighted by molar-refractivity contribution is 6.10. The molecule has 0 saturated heterocycles. The Hall–Kier alpha value is -8.34. The molecule has 1 atom stereocenters. The van der Waals surface area contributed by atoms with Gasteiger partial charge in [0.1, 0.15) is 0 Å². The third kappa shape index (κ3) is 6.30. The van der Waals surface area contributed by atoms with Crippen LogP contribution in [0.25, 0.3) is 100 Å². The molecule has 0 radical (unpaired) electrons. The van der Waals surface area contributed by atoms with E-state index in [1.807, 2.05) is 36.4 Å². The highest BCUT2D eigenvalue weighted by Gasteiger charge is 2.40. The van der Waals surface area contributed by atoms with Crippen LogP contribution in [0.4, 0.5) is 0 Å². The molecule has 0 spiro atoms. The van der Waals surface area contributed by atoms with Gasteiger partial charge >= 0.3 is 0 Å². The van der Waals surface area contributed by atoms with E-state index in [1.54, 1.807) is 0 Å². The summed E-state index contributed by atoms with van der Waals surface area (Å²) in [6.07, 6.45) is 0. The van der Waals surface area contributed by atoms with Crippen LogP contribution in [0.2, 0.25) is 0 Å². The summed E-state index contributed by atoms with van der Waals surface area (Å²) in [4.78, 5) is 20.6. The van der Waals surface area contributed by atoms with Crippen LogP contribution in [0.15, 0.2) is 224 Å². The Kier molecular flexibility index (Phi) is 8.91. The first-order valence-corrected chi connectivity index (χ1v) is 21.8. The van der Waals surface area contributed by atoms with Crippen LogP contribution in [0, 0.1) is 0 Å². The highest BCUT2D eigenvalue weighted by atomic mass is 15.0. The van der Waals surface area contributed by atoms with Gasteiger partial charge in [-0.05, 0) is 92.7 Å². The Balaban J connectivity index is 1.05. The van der Waals surface area contributed by atoms with Crippen LogP contribution in [-0.4, -0.2) is 19.9 Å². The number of fused-ring (bicyclic) bond motifs is 6. The fourth-order valence-corrected chi connectivity index (χ4v) is 9.73. The zero-order chi connectivity index (χ0) is 42.6. The Morgan fingerprint density at radius 3 is 1.47 bits per heavy atom. The third-order valence-electron chi connectivity index (χ3n) is 13.0. The standard InChI is InChI=1S/C60H40N4/c1-60(47-21-9-4-10-22-47)53-27-15-13-24-49(53)50-34-33-43(38-54(50)60)45-35-44(39-29-31-40(32-30-39)56-52-26-12-11-23-48(52)51-25-14-16-28-55(51)61-56)36-46(37-45)59-63-57(41-17-5-2-6-18-41)62-58(64-59)42-19-7-3-8-20-42/h2-38H,1H3. The molecule has 2 heterocycles. The maximum absolute atomic E-state index is 5.20. The van der Waals surface area contributed by atoms with E-state index in [2.05, 4.69) is 195 Å². The minimum absolute atomic E-state index is 0.330. The van der Waals surface area contributed by atoms with Gasteiger partial charge < -0.3 is 0 Å². The lowest BCUT2D eigenvalue weighted by molar-refractivity contribution is 0.714.